The van der Waals surface area contributed by atoms with E-state index in [1.807, 2.05) is 6.07 Å². The van der Waals surface area contributed by atoms with Crippen molar-refractivity contribution in [3.63, 3.8) is 0 Å². The van der Waals surface area contributed by atoms with E-state index in [0.717, 1.165) is 43.2 Å². The van der Waals surface area contributed by atoms with E-state index in [4.69, 9.17) is 14.2 Å². The van der Waals surface area contributed by atoms with Crippen molar-refractivity contribution in [2.45, 2.75) is 44.6 Å². The number of ether oxygens (including phenoxy) is 3. The second-order valence-corrected chi connectivity index (χ2v) is 8.14. The van der Waals surface area contributed by atoms with E-state index in [2.05, 4.69) is 0 Å². The molecule has 3 atom stereocenters. The smallest absolute Gasteiger partial charge is 0.160 e. The summed E-state index contributed by atoms with van der Waals surface area (Å²) in [4.78, 5) is 13.7. The van der Waals surface area contributed by atoms with E-state index in [-0.39, 0.29) is 29.1 Å². The van der Waals surface area contributed by atoms with Gasteiger partial charge in [-0.2, -0.15) is 0 Å². The second kappa shape index (κ2) is 10.5. The predicted molar refractivity (Wildman–Crippen MR) is 118 cm³/mol. The highest BCUT2D eigenvalue weighted by Gasteiger charge is 2.35. The number of carbonyl (C=O) groups is 1. The summed E-state index contributed by atoms with van der Waals surface area (Å²) in [5.74, 6) is 0.729. The molecule has 0 radical (unpaired) electrons. The molecule has 0 heterocycles. The van der Waals surface area contributed by atoms with Crippen molar-refractivity contribution in [1.82, 2.24) is 0 Å². The number of methoxy groups -OCH3 is 3. The number of hydrogen-bond acceptors (Lipinski definition) is 6. The van der Waals surface area contributed by atoms with Crippen molar-refractivity contribution in [3.8, 4) is 23.0 Å². The van der Waals surface area contributed by atoms with Crippen molar-refractivity contribution in [2.24, 2.45) is 11.8 Å². The molecule has 1 saturated carbocycles. The van der Waals surface area contributed by atoms with E-state index in [9.17, 15) is 15.0 Å². The van der Waals surface area contributed by atoms with Crippen molar-refractivity contribution in [1.29, 1.82) is 0 Å². The Balaban J connectivity index is 1.87. The molecular formula is C25H32O6. The number of phenolic OH excluding ortho intramolecular Hbond substituents is 2. The quantitative estimate of drug-likeness (QED) is 0.658. The van der Waals surface area contributed by atoms with Crippen LogP contribution in [-0.4, -0.2) is 37.3 Å². The highest BCUT2D eigenvalue weighted by atomic mass is 16.5. The van der Waals surface area contributed by atoms with Gasteiger partial charge in [0.15, 0.2) is 23.0 Å². The first kappa shape index (κ1) is 22.9. The number of phenols is 2. The van der Waals surface area contributed by atoms with Crippen molar-refractivity contribution in [3.05, 3.63) is 47.5 Å². The summed E-state index contributed by atoms with van der Waals surface area (Å²) in [5.41, 5.74) is 1.79. The summed E-state index contributed by atoms with van der Waals surface area (Å²) in [6.07, 6.45) is 4.85. The fourth-order valence-electron chi connectivity index (χ4n) is 4.56. The number of aromatic hydroxyl groups is 2. The summed E-state index contributed by atoms with van der Waals surface area (Å²) >= 11 is 0. The monoisotopic (exact) mass is 428 g/mol. The van der Waals surface area contributed by atoms with Gasteiger partial charge in [0.05, 0.1) is 20.3 Å². The van der Waals surface area contributed by atoms with Crippen molar-refractivity contribution >= 4 is 5.78 Å². The molecular weight excluding hydrogens is 396 g/mol. The average molecular weight is 429 g/mol. The van der Waals surface area contributed by atoms with E-state index in [1.54, 1.807) is 37.4 Å². The summed E-state index contributed by atoms with van der Waals surface area (Å²) in [6.45, 7) is 0. The minimum atomic E-state index is -0.406. The predicted octanol–water partition coefficient (Wildman–Crippen LogP) is 4.81. The zero-order chi connectivity index (χ0) is 22.4. The lowest BCUT2D eigenvalue weighted by atomic mass is 9.76. The lowest BCUT2D eigenvalue weighted by Gasteiger charge is -2.31. The van der Waals surface area contributed by atoms with Crippen LogP contribution in [0.15, 0.2) is 36.4 Å². The number of rotatable bonds is 7. The summed E-state index contributed by atoms with van der Waals surface area (Å²) in [5, 5.41) is 19.8. The summed E-state index contributed by atoms with van der Waals surface area (Å²) in [6, 6.07) is 10.4. The van der Waals surface area contributed by atoms with Gasteiger partial charge in [0, 0.05) is 18.9 Å². The van der Waals surface area contributed by atoms with Crippen LogP contribution < -0.4 is 9.47 Å². The van der Waals surface area contributed by atoms with E-state index < -0.39 is 6.10 Å². The topological polar surface area (TPSA) is 85.2 Å². The molecule has 31 heavy (non-hydrogen) atoms. The third-order valence-corrected chi connectivity index (χ3v) is 6.21. The Morgan fingerprint density at radius 1 is 0.903 bits per heavy atom. The third kappa shape index (κ3) is 5.31. The molecule has 0 aliphatic heterocycles. The van der Waals surface area contributed by atoms with Crippen LogP contribution in [-0.2, 0) is 16.0 Å². The second-order valence-electron chi connectivity index (χ2n) is 8.14. The minimum Gasteiger partial charge on any atom is -0.504 e. The lowest BCUT2D eigenvalue weighted by Crippen LogP contribution is -2.32. The maximum absolute atomic E-state index is 13.7. The van der Waals surface area contributed by atoms with Gasteiger partial charge < -0.3 is 24.4 Å². The van der Waals surface area contributed by atoms with Gasteiger partial charge in [0.2, 0.25) is 0 Å². The van der Waals surface area contributed by atoms with Crippen LogP contribution in [0.5, 0.6) is 23.0 Å². The Hall–Kier alpha value is -2.73. The molecule has 2 aromatic rings. The van der Waals surface area contributed by atoms with Crippen LogP contribution in [0.3, 0.4) is 0 Å². The number of benzene rings is 2. The maximum Gasteiger partial charge on any atom is 0.160 e. The van der Waals surface area contributed by atoms with Gasteiger partial charge in [-0.15, -0.1) is 0 Å². The van der Waals surface area contributed by atoms with Gasteiger partial charge in [-0.3, -0.25) is 4.79 Å². The average Bonchev–Trinajstić information content (AvgIpc) is 2.77. The fourth-order valence-corrected chi connectivity index (χ4v) is 4.56. The van der Waals surface area contributed by atoms with Gasteiger partial charge in [0.1, 0.15) is 5.78 Å². The number of carbonyl (C=O) groups excluding carboxylic acids is 1. The van der Waals surface area contributed by atoms with Crippen LogP contribution in [0.4, 0.5) is 0 Å². The van der Waals surface area contributed by atoms with Gasteiger partial charge in [-0.05, 0) is 54.7 Å². The molecule has 2 N–H and O–H groups in total. The van der Waals surface area contributed by atoms with Crippen LogP contribution in [0.2, 0.25) is 0 Å². The van der Waals surface area contributed by atoms with E-state index in [0.29, 0.717) is 17.9 Å². The molecule has 0 aromatic heterocycles. The molecule has 0 amide bonds. The molecule has 1 aliphatic carbocycles. The molecule has 0 saturated heterocycles. The molecule has 3 unspecified atom stereocenters. The van der Waals surface area contributed by atoms with Crippen molar-refractivity contribution in [2.75, 3.05) is 21.3 Å². The molecule has 2 aromatic carbocycles. The van der Waals surface area contributed by atoms with Gasteiger partial charge in [0.25, 0.3) is 0 Å². The number of hydrogen-bond donors (Lipinski definition) is 2. The first-order chi connectivity index (χ1) is 15.0. The standard InChI is InChI=1S/C25H32O6/c1-29-22-14-16(9-11-20(22)26)13-17-7-5-4-6-8-19(24(17)28)25(31-3)18-10-12-21(27)23(15-18)30-2/h9-12,14-15,17,19,25-27H,4-8,13H2,1-3H3. The molecule has 0 bridgehead atoms. The molecule has 168 valence electrons. The molecule has 0 spiro atoms. The first-order valence-corrected chi connectivity index (χ1v) is 10.8. The maximum atomic E-state index is 13.7. The molecule has 1 aliphatic rings. The highest BCUT2D eigenvalue weighted by molar-refractivity contribution is 5.84. The van der Waals surface area contributed by atoms with E-state index in [1.165, 1.54) is 14.2 Å². The SMILES string of the molecule is COc1cc(CC2CCCCCC(C(OC)c3ccc(O)c(OC)c3)C2=O)ccc1O. The largest absolute Gasteiger partial charge is 0.504 e. The van der Waals surface area contributed by atoms with Crippen LogP contribution in [0.1, 0.15) is 49.3 Å². The Bertz CT molecular complexity index is 894. The molecule has 6 heteroatoms. The van der Waals surface area contributed by atoms with Gasteiger partial charge >= 0.3 is 0 Å². The number of Topliss-reactive ketones (excluding diaryl/α,β-unsaturated/α-hetero) is 1. The first-order valence-electron chi connectivity index (χ1n) is 10.8. The van der Waals surface area contributed by atoms with Gasteiger partial charge in [-0.25, -0.2) is 0 Å². The molecule has 1 fully saturated rings. The Morgan fingerprint density at radius 3 is 2.23 bits per heavy atom. The summed E-state index contributed by atoms with van der Waals surface area (Å²) < 4.78 is 16.3. The normalized spacial score (nSPS) is 20.5. The lowest BCUT2D eigenvalue weighted by molar-refractivity contribution is -0.132. The zero-order valence-corrected chi connectivity index (χ0v) is 18.5. The Morgan fingerprint density at radius 2 is 1.55 bits per heavy atom. The van der Waals surface area contributed by atoms with Crippen molar-refractivity contribution < 1.29 is 29.2 Å². The van der Waals surface area contributed by atoms with Crippen LogP contribution >= 0.6 is 0 Å². The minimum absolute atomic E-state index is 0.0595. The molecule has 6 nitrogen and oxygen atoms in total. The van der Waals surface area contributed by atoms with Gasteiger partial charge in [-0.1, -0.05) is 31.4 Å². The zero-order valence-electron chi connectivity index (χ0n) is 18.5. The Labute approximate surface area is 183 Å². The highest BCUT2D eigenvalue weighted by Crippen LogP contribution is 2.39. The Kier molecular flexibility index (Phi) is 7.80. The molecule has 3 rings (SSSR count). The summed E-state index contributed by atoms with van der Waals surface area (Å²) in [7, 11) is 4.64. The fraction of sp³-hybridized carbons (Fsp3) is 0.480. The van der Waals surface area contributed by atoms with Crippen LogP contribution in [0, 0.1) is 11.8 Å². The van der Waals surface area contributed by atoms with Crippen LogP contribution in [0.25, 0.3) is 0 Å². The number of ketones is 1. The van der Waals surface area contributed by atoms with E-state index >= 15 is 0 Å². The third-order valence-electron chi connectivity index (χ3n) is 6.21.